The van der Waals surface area contributed by atoms with Gasteiger partial charge < -0.3 is 0 Å². The van der Waals surface area contributed by atoms with Crippen molar-refractivity contribution in [3.8, 4) is 0 Å². The topological polar surface area (TPSA) is 31.2 Å². The monoisotopic (exact) mass is 418 g/mol. The zero-order valence-corrected chi connectivity index (χ0v) is 16.8. The van der Waals surface area contributed by atoms with E-state index >= 15 is 0 Å². The maximum absolute atomic E-state index is 14.7. The average molecular weight is 419 g/mol. The first kappa shape index (κ1) is 18.0. The van der Waals surface area contributed by atoms with Crippen LogP contribution in [0.4, 0.5) is 10.1 Å². The highest BCUT2D eigenvalue weighted by Gasteiger charge is 2.39. The van der Waals surface area contributed by atoms with E-state index in [0.29, 0.717) is 15.8 Å². The van der Waals surface area contributed by atoms with E-state index in [1.54, 1.807) is 17.1 Å². The Morgan fingerprint density at radius 2 is 1.52 bits per heavy atom. The summed E-state index contributed by atoms with van der Waals surface area (Å²) in [5, 5.41) is 8.28. The van der Waals surface area contributed by atoms with Crippen molar-refractivity contribution in [2.24, 2.45) is 10.1 Å². The van der Waals surface area contributed by atoms with E-state index < -0.39 is 6.17 Å². The van der Waals surface area contributed by atoms with Gasteiger partial charge in [-0.05, 0) is 42.2 Å². The molecule has 0 aromatic heterocycles. The minimum absolute atomic E-state index is 0.314. The van der Waals surface area contributed by atoms with Gasteiger partial charge in [-0.3, -0.25) is 4.90 Å². The number of para-hydroxylation sites is 1. The van der Waals surface area contributed by atoms with E-state index in [1.165, 1.54) is 17.8 Å². The van der Waals surface area contributed by atoms with Crippen molar-refractivity contribution in [1.82, 2.24) is 5.01 Å². The highest BCUT2D eigenvalue weighted by atomic mass is 32.2. The second kappa shape index (κ2) is 7.42. The van der Waals surface area contributed by atoms with Crippen LogP contribution in [0.2, 0.25) is 0 Å². The number of thioether (sulfide) groups is 1. The molecule has 2 aliphatic heterocycles. The van der Waals surface area contributed by atoms with Gasteiger partial charge in [-0.2, -0.15) is 10.1 Å². The van der Waals surface area contributed by atoms with Crippen molar-refractivity contribution in [2.45, 2.75) is 6.17 Å². The first-order chi connectivity index (χ1) is 14.2. The number of rotatable bonds is 3. The van der Waals surface area contributed by atoms with E-state index in [9.17, 15) is 4.39 Å². The molecule has 1 atom stereocenters. The lowest BCUT2D eigenvalue weighted by atomic mass is 10.1. The lowest BCUT2D eigenvalue weighted by Crippen LogP contribution is -2.47. The van der Waals surface area contributed by atoms with Gasteiger partial charge in [-0.1, -0.05) is 66.7 Å². The Morgan fingerprint density at radius 3 is 2.24 bits per heavy atom. The van der Waals surface area contributed by atoms with Crippen LogP contribution in [0.5, 0.6) is 0 Å². The van der Waals surface area contributed by atoms with Gasteiger partial charge in [-0.25, -0.2) is 9.38 Å². The molecule has 0 aliphatic carbocycles. The molecule has 142 valence electrons. The van der Waals surface area contributed by atoms with Crippen LogP contribution in [-0.2, 0) is 0 Å². The van der Waals surface area contributed by atoms with Gasteiger partial charge in [0.05, 0.1) is 0 Å². The molecule has 0 spiro atoms. The Morgan fingerprint density at radius 1 is 0.862 bits per heavy atom. The fourth-order valence-electron chi connectivity index (χ4n) is 3.29. The first-order valence-electron chi connectivity index (χ1n) is 9.05. The minimum Gasteiger partial charge on any atom is -0.290 e. The van der Waals surface area contributed by atoms with Crippen LogP contribution in [0.3, 0.4) is 0 Å². The quantitative estimate of drug-likeness (QED) is 0.533. The van der Waals surface area contributed by atoms with Crippen LogP contribution in [0, 0.1) is 5.82 Å². The normalized spacial score (nSPS) is 18.4. The second-order valence-electron chi connectivity index (χ2n) is 6.48. The van der Waals surface area contributed by atoms with Crippen LogP contribution in [0.25, 0.3) is 0 Å². The van der Waals surface area contributed by atoms with Crippen molar-refractivity contribution in [2.75, 3.05) is 4.90 Å². The third kappa shape index (κ3) is 3.22. The number of aliphatic imine (C=N–C) groups is 1. The largest absolute Gasteiger partial charge is 0.290 e. The van der Waals surface area contributed by atoms with Gasteiger partial charge in [0.2, 0.25) is 5.11 Å². The summed E-state index contributed by atoms with van der Waals surface area (Å²) < 4.78 is 14.7. The van der Waals surface area contributed by atoms with Crippen LogP contribution >= 0.6 is 24.0 Å². The van der Waals surface area contributed by atoms with E-state index in [0.717, 1.165) is 16.3 Å². The zero-order chi connectivity index (χ0) is 19.8. The number of benzene rings is 3. The molecule has 7 heteroatoms. The van der Waals surface area contributed by atoms with E-state index in [2.05, 4.69) is 0 Å². The van der Waals surface area contributed by atoms with E-state index in [1.807, 2.05) is 71.6 Å². The van der Waals surface area contributed by atoms with Gasteiger partial charge in [0, 0.05) is 16.8 Å². The first-order valence-corrected chi connectivity index (χ1v) is 10.3. The number of fused-ring (bicyclic) bond motifs is 1. The summed E-state index contributed by atoms with van der Waals surface area (Å²) in [6.45, 7) is 0. The molecule has 3 aromatic carbocycles. The fourth-order valence-corrected chi connectivity index (χ4v) is 4.60. The highest BCUT2D eigenvalue weighted by Crippen LogP contribution is 2.39. The molecule has 0 bridgehead atoms. The molecule has 2 heterocycles. The summed E-state index contributed by atoms with van der Waals surface area (Å²) in [7, 11) is 0. The number of hydrogen-bond acceptors (Lipinski definition) is 4. The van der Waals surface area contributed by atoms with Gasteiger partial charge in [0.25, 0.3) is 0 Å². The average Bonchev–Trinajstić information content (AvgIpc) is 3.20. The minimum atomic E-state index is -0.602. The molecule has 3 aromatic rings. The SMILES string of the molecule is Fc1ccccc1[C@@H]1N=C2SC(c3ccccc3)=NN2C(=S)N1c1ccccc1. The van der Waals surface area contributed by atoms with Crippen LogP contribution in [0.15, 0.2) is 95.0 Å². The summed E-state index contributed by atoms with van der Waals surface area (Å²) in [4.78, 5) is 6.69. The summed E-state index contributed by atoms with van der Waals surface area (Å²) in [6.07, 6.45) is -0.602. The third-order valence-corrected chi connectivity index (χ3v) is 6.00. The number of anilines is 1. The van der Waals surface area contributed by atoms with Crippen LogP contribution in [-0.4, -0.2) is 20.3 Å². The van der Waals surface area contributed by atoms with Crippen molar-refractivity contribution < 1.29 is 4.39 Å². The second-order valence-corrected chi connectivity index (χ2v) is 7.80. The molecule has 0 N–H and O–H groups in total. The lowest BCUT2D eigenvalue weighted by Gasteiger charge is -2.37. The Hall–Kier alpha value is -3.03. The summed E-state index contributed by atoms with van der Waals surface area (Å²) in [5.41, 5.74) is 2.30. The predicted molar refractivity (Wildman–Crippen MR) is 121 cm³/mol. The maximum atomic E-state index is 14.7. The molecule has 0 fully saturated rings. The number of hydrogen-bond donors (Lipinski definition) is 0. The molecule has 0 amide bonds. The fraction of sp³-hybridized carbons (Fsp3) is 0.0455. The number of thiocarbonyl (C=S) groups is 1. The molecule has 0 radical (unpaired) electrons. The summed E-state index contributed by atoms with van der Waals surface area (Å²) in [6, 6.07) is 26.2. The van der Waals surface area contributed by atoms with Gasteiger partial charge >= 0.3 is 0 Å². The van der Waals surface area contributed by atoms with E-state index in [-0.39, 0.29) is 5.82 Å². The Kier molecular flexibility index (Phi) is 4.61. The van der Waals surface area contributed by atoms with Crippen LogP contribution < -0.4 is 4.90 Å². The van der Waals surface area contributed by atoms with Crippen molar-refractivity contribution in [3.63, 3.8) is 0 Å². The van der Waals surface area contributed by atoms with Crippen molar-refractivity contribution >= 4 is 45.0 Å². The zero-order valence-electron chi connectivity index (χ0n) is 15.1. The molecule has 29 heavy (non-hydrogen) atoms. The number of nitrogens with zero attached hydrogens (tertiary/aromatic N) is 4. The Labute approximate surface area is 177 Å². The predicted octanol–water partition coefficient (Wildman–Crippen LogP) is 5.40. The Bertz CT molecular complexity index is 1130. The summed E-state index contributed by atoms with van der Waals surface area (Å²) >= 11 is 7.24. The highest BCUT2D eigenvalue weighted by molar-refractivity contribution is 8.27. The van der Waals surface area contributed by atoms with Crippen LogP contribution in [0.1, 0.15) is 17.3 Å². The number of hydrazone groups is 1. The maximum Gasteiger partial charge on any atom is 0.205 e. The molecule has 2 aliphatic rings. The standard InChI is InChI=1S/C22H15FN4S2/c23-18-14-8-7-13-17(18)19-24-21-27(22(28)26(19)16-11-5-2-6-12-16)25-20(29-21)15-9-3-1-4-10-15/h1-14,19H/t19-/m1/s1. The third-order valence-electron chi connectivity index (χ3n) is 4.66. The molecule has 5 rings (SSSR count). The van der Waals surface area contributed by atoms with E-state index in [4.69, 9.17) is 22.3 Å². The smallest absolute Gasteiger partial charge is 0.205 e. The number of halogens is 1. The number of amidine groups is 1. The van der Waals surface area contributed by atoms with Crippen molar-refractivity contribution in [1.29, 1.82) is 0 Å². The van der Waals surface area contributed by atoms with Gasteiger partial charge in [0.1, 0.15) is 10.9 Å². The lowest BCUT2D eigenvalue weighted by molar-refractivity contribution is 0.557. The molecular formula is C22H15FN4S2. The summed E-state index contributed by atoms with van der Waals surface area (Å²) in [5.74, 6) is -0.314. The molecule has 0 unspecified atom stereocenters. The molecular weight excluding hydrogens is 403 g/mol. The van der Waals surface area contributed by atoms with Gasteiger partial charge in [-0.15, -0.1) is 0 Å². The molecule has 0 saturated carbocycles. The Balaban J connectivity index is 1.62. The van der Waals surface area contributed by atoms with Crippen molar-refractivity contribution in [3.05, 3.63) is 102 Å². The van der Waals surface area contributed by atoms with Gasteiger partial charge in [0.15, 0.2) is 11.3 Å². The molecule has 0 saturated heterocycles. The molecule has 4 nitrogen and oxygen atoms in total.